The average molecular weight is 734 g/mol. The number of amides is 2. The van der Waals surface area contributed by atoms with Gasteiger partial charge in [0.1, 0.15) is 0 Å². The van der Waals surface area contributed by atoms with Gasteiger partial charge < -0.3 is 39.6 Å². The zero-order valence-corrected chi connectivity index (χ0v) is 31.0. The highest BCUT2D eigenvalue weighted by Gasteiger charge is 2.44. The molecule has 1 aromatic heterocycles. The number of nitrogens with one attached hydrogen (secondary N) is 4. The van der Waals surface area contributed by atoms with Crippen LogP contribution in [-0.4, -0.2) is 102 Å². The number of benzene rings is 3. The maximum absolute atomic E-state index is 13.0. The van der Waals surface area contributed by atoms with E-state index in [1.807, 2.05) is 12.3 Å². The summed E-state index contributed by atoms with van der Waals surface area (Å²) in [7, 11) is 0. The SMILES string of the molecule is C1COCCN1.CC1CC1c1cccc(N2CCOCC2)c1.O=C1NN=Cc2c[nH]c3cc(NC(=O)C4CC4c4cccc(N5CCOCC5)c4)cc1c23. The smallest absolute Gasteiger partial charge is 0.272 e. The molecule has 0 bridgehead atoms. The standard InChI is InChI=1S/C24H23N5O3.C14H19NO.C4H9NO/c30-23(19-11-18(19)14-2-1-3-17(8-14)29-4-6-32-7-5-29)27-16-9-20-22-15(12-25-21(22)10-16)13-26-28-24(20)31;1-11-9-14(11)12-3-2-4-13(10-12)15-5-7-16-8-6-15;1-3-6-4-2-5-1/h1-3,8-10,12-13,18-19,25H,4-7,11H2,(H,27,30)(H,28,31);2-4,10-11,14H,5-9H2,1H3;5H,1-4H2. The van der Waals surface area contributed by atoms with Gasteiger partial charge in [0.05, 0.1) is 51.4 Å². The Labute approximate surface area is 316 Å². The van der Waals surface area contributed by atoms with Crippen molar-refractivity contribution in [2.24, 2.45) is 16.9 Å². The fourth-order valence-corrected chi connectivity index (χ4v) is 7.81. The van der Waals surface area contributed by atoms with Gasteiger partial charge in [0, 0.05) is 84.9 Å². The lowest BCUT2D eigenvalue weighted by molar-refractivity contribution is -0.117. The highest BCUT2D eigenvalue weighted by atomic mass is 16.5. The Morgan fingerprint density at radius 2 is 1.41 bits per heavy atom. The van der Waals surface area contributed by atoms with Crippen molar-refractivity contribution in [3.63, 3.8) is 0 Å². The van der Waals surface area contributed by atoms with Gasteiger partial charge in [-0.2, -0.15) is 5.10 Å². The van der Waals surface area contributed by atoms with E-state index in [1.165, 1.54) is 28.9 Å². The molecule has 2 aliphatic carbocycles. The van der Waals surface area contributed by atoms with Crippen LogP contribution in [0.5, 0.6) is 0 Å². The Balaban J connectivity index is 0.000000155. The molecule has 4 atom stereocenters. The van der Waals surface area contributed by atoms with Crippen molar-refractivity contribution in [3.8, 4) is 0 Å². The number of morpholine rings is 3. The van der Waals surface area contributed by atoms with E-state index < -0.39 is 0 Å². The number of nitrogens with zero attached hydrogens (tertiary/aromatic N) is 3. The molecule has 5 fully saturated rings. The van der Waals surface area contributed by atoms with Crippen LogP contribution >= 0.6 is 0 Å². The Morgan fingerprint density at radius 3 is 1.98 bits per heavy atom. The number of anilines is 3. The van der Waals surface area contributed by atoms with Crippen molar-refractivity contribution >= 4 is 46.0 Å². The van der Waals surface area contributed by atoms with Gasteiger partial charge in [-0.1, -0.05) is 31.2 Å². The van der Waals surface area contributed by atoms with E-state index in [0.29, 0.717) is 11.3 Å². The van der Waals surface area contributed by atoms with Crippen LogP contribution in [-0.2, 0) is 19.0 Å². The van der Waals surface area contributed by atoms with Crippen molar-refractivity contribution in [3.05, 3.63) is 89.1 Å². The molecule has 0 spiro atoms. The summed E-state index contributed by atoms with van der Waals surface area (Å²) in [6.07, 6.45) is 5.62. The van der Waals surface area contributed by atoms with Crippen LogP contribution < -0.4 is 25.9 Å². The van der Waals surface area contributed by atoms with Gasteiger partial charge in [-0.3, -0.25) is 9.59 Å². The van der Waals surface area contributed by atoms with E-state index in [1.54, 1.807) is 12.3 Å². The molecule has 54 heavy (non-hydrogen) atoms. The lowest BCUT2D eigenvalue weighted by atomic mass is 10.0. The van der Waals surface area contributed by atoms with Crippen LogP contribution in [0.4, 0.5) is 17.1 Å². The molecule has 0 radical (unpaired) electrons. The highest BCUT2D eigenvalue weighted by Crippen LogP contribution is 2.49. The summed E-state index contributed by atoms with van der Waals surface area (Å²) < 4.78 is 15.8. The van der Waals surface area contributed by atoms with E-state index in [-0.39, 0.29) is 23.7 Å². The van der Waals surface area contributed by atoms with Gasteiger partial charge in [-0.15, -0.1) is 0 Å². The molecular weight excluding hydrogens is 683 g/mol. The molecule has 3 saturated heterocycles. The van der Waals surface area contributed by atoms with E-state index in [9.17, 15) is 9.59 Å². The molecule has 2 saturated carbocycles. The fraction of sp³-hybridized carbons (Fsp3) is 0.452. The summed E-state index contributed by atoms with van der Waals surface area (Å²) in [6, 6.07) is 21.2. The van der Waals surface area contributed by atoms with Gasteiger partial charge in [0.2, 0.25) is 5.91 Å². The van der Waals surface area contributed by atoms with Crippen LogP contribution in [0.25, 0.3) is 10.9 Å². The molecule has 4 unspecified atom stereocenters. The zero-order valence-electron chi connectivity index (χ0n) is 31.0. The van der Waals surface area contributed by atoms with Crippen LogP contribution in [0.15, 0.2) is 72.0 Å². The topological polar surface area (TPSA) is 133 Å². The number of aromatic amines is 1. The number of rotatable bonds is 6. The molecule has 12 nitrogen and oxygen atoms in total. The third-order valence-corrected chi connectivity index (χ3v) is 11.1. The summed E-state index contributed by atoms with van der Waals surface area (Å²) in [4.78, 5) is 33.3. The van der Waals surface area contributed by atoms with Crippen molar-refractivity contribution in [1.29, 1.82) is 0 Å². The second-order valence-electron chi connectivity index (χ2n) is 14.9. The Kier molecular flexibility index (Phi) is 11.2. The maximum atomic E-state index is 13.0. The number of hydrogen-bond donors (Lipinski definition) is 4. The minimum Gasteiger partial charge on any atom is -0.379 e. The van der Waals surface area contributed by atoms with Crippen LogP contribution in [0.2, 0.25) is 0 Å². The van der Waals surface area contributed by atoms with Crippen molar-refractivity contribution in [2.45, 2.75) is 31.6 Å². The Bertz CT molecular complexity index is 1950. The molecule has 6 aliphatic rings. The molecule has 5 heterocycles. The van der Waals surface area contributed by atoms with Crippen molar-refractivity contribution in [1.82, 2.24) is 15.7 Å². The summed E-state index contributed by atoms with van der Waals surface area (Å²) in [5.74, 6) is 1.55. The molecule has 4 aliphatic heterocycles. The van der Waals surface area contributed by atoms with Crippen LogP contribution in [0, 0.1) is 11.8 Å². The quantitative estimate of drug-likeness (QED) is 0.216. The first kappa shape index (κ1) is 36.2. The first-order valence-corrected chi connectivity index (χ1v) is 19.4. The predicted molar refractivity (Wildman–Crippen MR) is 212 cm³/mol. The molecule has 2 amide bonds. The molecule has 12 heteroatoms. The number of ether oxygens (including phenoxy) is 3. The maximum Gasteiger partial charge on any atom is 0.272 e. The van der Waals surface area contributed by atoms with Gasteiger partial charge in [-0.25, -0.2) is 5.43 Å². The normalized spacial score (nSPS) is 24.3. The Hall–Kier alpha value is -4.75. The number of H-pyrrole nitrogens is 1. The van der Waals surface area contributed by atoms with Gasteiger partial charge in [0.15, 0.2) is 0 Å². The largest absolute Gasteiger partial charge is 0.379 e. The number of aromatic nitrogens is 1. The summed E-state index contributed by atoms with van der Waals surface area (Å²) in [5, 5.41) is 10.9. The van der Waals surface area contributed by atoms with E-state index in [2.05, 4.69) is 91.4 Å². The number of hydrazone groups is 1. The third kappa shape index (κ3) is 8.63. The van der Waals surface area contributed by atoms with Gasteiger partial charge >= 0.3 is 0 Å². The Morgan fingerprint density at radius 1 is 0.796 bits per heavy atom. The van der Waals surface area contributed by atoms with E-state index in [4.69, 9.17) is 14.2 Å². The number of hydrogen-bond acceptors (Lipinski definition) is 9. The van der Waals surface area contributed by atoms with E-state index in [0.717, 1.165) is 114 Å². The van der Waals surface area contributed by atoms with Crippen molar-refractivity contribution in [2.75, 3.05) is 94.0 Å². The average Bonchev–Trinajstić information content (AvgIpc) is 4.16. The molecule has 284 valence electrons. The van der Waals surface area contributed by atoms with E-state index >= 15 is 0 Å². The molecule has 4 aromatic rings. The summed E-state index contributed by atoms with van der Waals surface area (Å²) in [6.45, 7) is 13.2. The predicted octanol–water partition coefficient (Wildman–Crippen LogP) is 5.08. The number of carbonyl (C=O) groups excluding carboxylic acids is 2. The minimum absolute atomic E-state index is 0.0182. The first-order valence-electron chi connectivity index (χ1n) is 19.4. The number of carbonyl (C=O) groups is 2. The molecule has 10 rings (SSSR count). The monoisotopic (exact) mass is 733 g/mol. The third-order valence-electron chi connectivity index (χ3n) is 11.1. The first-order chi connectivity index (χ1) is 26.5. The van der Waals surface area contributed by atoms with Crippen molar-refractivity contribution < 1.29 is 23.8 Å². The molecule has 3 aromatic carbocycles. The summed E-state index contributed by atoms with van der Waals surface area (Å²) in [5.41, 5.74) is 10.5. The van der Waals surface area contributed by atoms with Gasteiger partial charge in [0.25, 0.3) is 5.91 Å². The second kappa shape index (κ2) is 16.7. The minimum atomic E-state index is -0.287. The lowest BCUT2D eigenvalue weighted by Gasteiger charge is -2.29. The lowest BCUT2D eigenvalue weighted by Crippen LogP contribution is -2.36. The fourth-order valence-electron chi connectivity index (χ4n) is 7.81. The summed E-state index contributed by atoms with van der Waals surface area (Å²) >= 11 is 0. The highest BCUT2D eigenvalue weighted by molar-refractivity contribution is 6.15. The van der Waals surface area contributed by atoms with Gasteiger partial charge in [-0.05, 0) is 78.1 Å². The molecular formula is C42H51N7O5. The zero-order chi connectivity index (χ0) is 36.9. The van der Waals surface area contributed by atoms with Crippen LogP contribution in [0.3, 0.4) is 0 Å². The molecule has 4 N–H and O–H groups in total. The van der Waals surface area contributed by atoms with Crippen LogP contribution in [0.1, 0.15) is 58.6 Å². The second-order valence-corrected chi connectivity index (χ2v) is 14.9.